The standard InChI is InChI=1S/C11H7ClN4O/c12-6-2-1-5-3-7-9(14-8(5)4-6)15-11(13)16-10(7)17/h1-4H,(H3,13,14,15,16,17). The number of hydrogen-bond donors (Lipinski definition) is 2. The molecule has 2 aromatic heterocycles. The lowest BCUT2D eigenvalue weighted by atomic mass is 10.2. The van der Waals surface area contributed by atoms with Crippen molar-refractivity contribution in [2.75, 3.05) is 5.73 Å². The topological polar surface area (TPSA) is 84.7 Å². The molecule has 0 aliphatic carbocycles. The molecule has 0 unspecified atom stereocenters. The summed E-state index contributed by atoms with van der Waals surface area (Å²) in [5.74, 6) is 0.0522. The average Bonchev–Trinajstić information content (AvgIpc) is 2.26. The van der Waals surface area contributed by atoms with Crippen LogP contribution >= 0.6 is 11.6 Å². The lowest BCUT2D eigenvalue weighted by Gasteiger charge is -2.01. The highest BCUT2D eigenvalue weighted by atomic mass is 35.5. The lowest BCUT2D eigenvalue weighted by Crippen LogP contribution is -2.11. The number of H-pyrrole nitrogens is 1. The van der Waals surface area contributed by atoms with Crippen LogP contribution in [0.3, 0.4) is 0 Å². The molecule has 5 nitrogen and oxygen atoms in total. The van der Waals surface area contributed by atoms with Crippen molar-refractivity contribution in [3.05, 3.63) is 39.6 Å². The molecule has 0 saturated carbocycles. The molecule has 0 bridgehead atoms. The van der Waals surface area contributed by atoms with Gasteiger partial charge in [0, 0.05) is 10.4 Å². The molecule has 0 aliphatic rings. The predicted octanol–water partition coefficient (Wildman–Crippen LogP) is 1.71. The minimum Gasteiger partial charge on any atom is -0.369 e. The summed E-state index contributed by atoms with van der Waals surface area (Å²) in [5, 5.41) is 1.83. The lowest BCUT2D eigenvalue weighted by molar-refractivity contribution is 1.17. The van der Waals surface area contributed by atoms with Gasteiger partial charge in [0.25, 0.3) is 5.56 Å². The van der Waals surface area contributed by atoms with Gasteiger partial charge in [0.2, 0.25) is 5.95 Å². The van der Waals surface area contributed by atoms with E-state index in [1.165, 1.54) is 0 Å². The van der Waals surface area contributed by atoms with Gasteiger partial charge in [-0.25, -0.2) is 4.98 Å². The highest BCUT2D eigenvalue weighted by Crippen LogP contribution is 2.20. The molecule has 1 aromatic carbocycles. The van der Waals surface area contributed by atoms with Crippen LogP contribution in [0.2, 0.25) is 5.02 Å². The van der Waals surface area contributed by atoms with Gasteiger partial charge in [-0.1, -0.05) is 17.7 Å². The first-order chi connectivity index (χ1) is 8.13. The van der Waals surface area contributed by atoms with Gasteiger partial charge in [0.05, 0.1) is 10.9 Å². The van der Waals surface area contributed by atoms with E-state index in [-0.39, 0.29) is 11.5 Å². The average molecular weight is 247 g/mol. The molecule has 3 aromatic rings. The number of halogens is 1. The number of pyridine rings is 1. The molecule has 0 saturated heterocycles. The quantitative estimate of drug-likeness (QED) is 0.592. The summed E-state index contributed by atoms with van der Waals surface area (Å²) < 4.78 is 0. The van der Waals surface area contributed by atoms with E-state index in [0.29, 0.717) is 21.6 Å². The maximum atomic E-state index is 11.7. The summed E-state index contributed by atoms with van der Waals surface area (Å²) in [5.41, 5.74) is 6.17. The number of nitrogens with one attached hydrogen (secondary N) is 1. The first kappa shape index (κ1) is 10.0. The number of nitrogens with two attached hydrogens (primary N) is 1. The molecule has 3 rings (SSSR count). The zero-order valence-electron chi connectivity index (χ0n) is 8.57. The fourth-order valence-corrected chi connectivity index (χ4v) is 1.87. The highest BCUT2D eigenvalue weighted by molar-refractivity contribution is 6.31. The second kappa shape index (κ2) is 3.43. The Kier molecular flexibility index (Phi) is 2.02. The van der Waals surface area contributed by atoms with Gasteiger partial charge in [-0.3, -0.25) is 9.78 Å². The molecule has 2 heterocycles. The monoisotopic (exact) mass is 246 g/mol. The maximum absolute atomic E-state index is 11.7. The number of anilines is 1. The number of nitrogens with zero attached hydrogens (tertiary/aromatic N) is 2. The zero-order valence-corrected chi connectivity index (χ0v) is 9.32. The first-order valence-corrected chi connectivity index (χ1v) is 5.27. The molecule has 84 valence electrons. The zero-order chi connectivity index (χ0) is 12.0. The molecule has 0 fully saturated rings. The van der Waals surface area contributed by atoms with E-state index in [0.717, 1.165) is 5.39 Å². The van der Waals surface area contributed by atoms with Gasteiger partial charge in [0.15, 0.2) is 5.65 Å². The van der Waals surface area contributed by atoms with Crippen molar-refractivity contribution < 1.29 is 0 Å². The number of fused-ring (bicyclic) bond motifs is 2. The van der Waals surface area contributed by atoms with Crippen LogP contribution in [-0.2, 0) is 0 Å². The third-order valence-corrected chi connectivity index (χ3v) is 2.71. The summed E-state index contributed by atoms with van der Waals surface area (Å²) >= 11 is 5.88. The first-order valence-electron chi connectivity index (χ1n) is 4.89. The van der Waals surface area contributed by atoms with Crippen LogP contribution in [0, 0.1) is 0 Å². The molecule has 0 amide bonds. The Hall–Kier alpha value is -2.14. The Morgan fingerprint density at radius 3 is 2.88 bits per heavy atom. The van der Waals surface area contributed by atoms with Crippen LogP contribution in [0.15, 0.2) is 29.1 Å². The third-order valence-electron chi connectivity index (χ3n) is 2.47. The van der Waals surface area contributed by atoms with Crippen molar-refractivity contribution >= 4 is 39.5 Å². The van der Waals surface area contributed by atoms with Crippen molar-refractivity contribution in [1.29, 1.82) is 0 Å². The molecule has 0 aliphatic heterocycles. The van der Waals surface area contributed by atoms with E-state index in [1.54, 1.807) is 24.3 Å². The molecular formula is C11H7ClN4O. The Morgan fingerprint density at radius 1 is 1.24 bits per heavy atom. The largest absolute Gasteiger partial charge is 0.369 e. The summed E-state index contributed by atoms with van der Waals surface area (Å²) in [6.07, 6.45) is 0. The van der Waals surface area contributed by atoms with Crippen molar-refractivity contribution in [2.24, 2.45) is 0 Å². The molecule has 0 spiro atoms. The molecular weight excluding hydrogens is 240 g/mol. The van der Waals surface area contributed by atoms with Crippen molar-refractivity contribution in [1.82, 2.24) is 15.0 Å². The maximum Gasteiger partial charge on any atom is 0.261 e. The van der Waals surface area contributed by atoms with Gasteiger partial charge in [0.1, 0.15) is 0 Å². The minimum absolute atomic E-state index is 0.0522. The number of rotatable bonds is 0. The number of aromatic nitrogens is 3. The summed E-state index contributed by atoms with van der Waals surface area (Å²) in [6.45, 7) is 0. The van der Waals surface area contributed by atoms with Crippen LogP contribution < -0.4 is 11.3 Å². The van der Waals surface area contributed by atoms with Crippen LogP contribution in [0.1, 0.15) is 0 Å². The van der Waals surface area contributed by atoms with Crippen molar-refractivity contribution in [2.45, 2.75) is 0 Å². The Balaban J connectivity index is 2.52. The second-order valence-corrected chi connectivity index (χ2v) is 4.08. The Morgan fingerprint density at radius 2 is 2.06 bits per heavy atom. The fraction of sp³-hybridized carbons (Fsp3) is 0. The molecule has 6 heteroatoms. The van der Waals surface area contributed by atoms with Gasteiger partial charge < -0.3 is 5.73 Å². The number of hydrogen-bond acceptors (Lipinski definition) is 4. The van der Waals surface area contributed by atoms with Crippen LogP contribution in [0.5, 0.6) is 0 Å². The third kappa shape index (κ3) is 1.60. The molecule has 0 radical (unpaired) electrons. The smallest absolute Gasteiger partial charge is 0.261 e. The Bertz CT molecular complexity index is 796. The normalized spacial score (nSPS) is 11.1. The van der Waals surface area contributed by atoms with Gasteiger partial charge in [-0.2, -0.15) is 4.98 Å². The summed E-state index contributed by atoms with van der Waals surface area (Å²) in [6, 6.07) is 6.99. The van der Waals surface area contributed by atoms with Crippen molar-refractivity contribution in [3.63, 3.8) is 0 Å². The van der Waals surface area contributed by atoms with E-state index in [9.17, 15) is 4.79 Å². The second-order valence-electron chi connectivity index (χ2n) is 3.65. The molecule has 0 atom stereocenters. The fourth-order valence-electron chi connectivity index (χ4n) is 1.71. The van der Waals surface area contributed by atoms with Gasteiger partial charge in [-0.05, 0) is 18.2 Å². The number of nitrogen functional groups attached to an aromatic ring is 1. The van der Waals surface area contributed by atoms with E-state index >= 15 is 0 Å². The summed E-state index contributed by atoms with van der Waals surface area (Å²) in [4.78, 5) is 22.4. The molecule has 3 N–H and O–H groups in total. The predicted molar refractivity (Wildman–Crippen MR) is 67.1 cm³/mol. The SMILES string of the molecule is Nc1nc2nc3cc(Cl)ccc3cc2c(=O)[nH]1. The number of benzene rings is 1. The van der Waals surface area contributed by atoms with E-state index in [2.05, 4.69) is 15.0 Å². The summed E-state index contributed by atoms with van der Waals surface area (Å²) in [7, 11) is 0. The highest BCUT2D eigenvalue weighted by Gasteiger charge is 2.06. The van der Waals surface area contributed by atoms with Crippen LogP contribution in [-0.4, -0.2) is 15.0 Å². The van der Waals surface area contributed by atoms with E-state index in [1.807, 2.05) is 0 Å². The minimum atomic E-state index is -0.295. The molecule has 17 heavy (non-hydrogen) atoms. The van der Waals surface area contributed by atoms with Crippen molar-refractivity contribution in [3.8, 4) is 0 Å². The van der Waals surface area contributed by atoms with Gasteiger partial charge >= 0.3 is 0 Å². The van der Waals surface area contributed by atoms with Gasteiger partial charge in [-0.15, -0.1) is 0 Å². The van der Waals surface area contributed by atoms with E-state index < -0.39 is 0 Å². The number of aromatic amines is 1. The van der Waals surface area contributed by atoms with Crippen LogP contribution in [0.4, 0.5) is 5.95 Å². The Labute approximate surface area is 100 Å². The van der Waals surface area contributed by atoms with Crippen LogP contribution in [0.25, 0.3) is 21.9 Å². The van der Waals surface area contributed by atoms with E-state index in [4.69, 9.17) is 17.3 Å².